The number of ether oxygens (including phenoxy) is 2. The van der Waals surface area contributed by atoms with Gasteiger partial charge in [-0.2, -0.15) is 0 Å². The highest BCUT2D eigenvalue weighted by Gasteiger charge is 2.36. The molecule has 1 unspecified atom stereocenters. The summed E-state index contributed by atoms with van der Waals surface area (Å²) in [5, 5.41) is -0.658. The molecule has 0 radical (unpaired) electrons. The summed E-state index contributed by atoms with van der Waals surface area (Å²) in [5.74, 6) is -1.20. The third kappa shape index (κ3) is 7.42. The summed E-state index contributed by atoms with van der Waals surface area (Å²) in [6.45, 7) is 15.9. The lowest BCUT2D eigenvalue weighted by Gasteiger charge is -2.36. The van der Waals surface area contributed by atoms with E-state index >= 15 is 0 Å². The normalized spacial score (nSPS) is 13.4. The molecular formula is C15H27ClO5Si. The molecule has 0 aliphatic heterocycles. The molecule has 0 aliphatic carbocycles. The summed E-state index contributed by atoms with van der Waals surface area (Å²) in [7, 11) is -1.84. The predicted octanol–water partition coefficient (Wildman–Crippen LogP) is 3.28. The number of esters is 2. The van der Waals surface area contributed by atoms with E-state index in [1.807, 2.05) is 0 Å². The number of hydrogen-bond donors (Lipinski definition) is 0. The van der Waals surface area contributed by atoms with E-state index in [2.05, 4.69) is 40.4 Å². The van der Waals surface area contributed by atoms with Gasteiger partial charge < -0.3 is 13.9 Å². The average Bonchev–Trinajstić information content (AvgIpc) is 2.38. The standard InChI is InChI=1S/C15H27ClO5Si/c1-11(10-20-14(18)12(2)16)13(17)19-8-9-21-22(6,7)15(3,4)5/h12H,1,8-10H2,2-7H3. The zero-order valence-electron chi connectivity index (χ0n) is 14.3. The lowest BCUT2D eigenvalue weighted by molar-refractivity contribution is -0.144. The molecule has 5 nitrogen and oxygen atoms in total. The summed E-state index contributed by atoms with van der Waals surface area (Å²) in [5.41, 5.74) is 0.0676. The van der Waals surface area contributed by atoms with Gasteiger partial charge in [-0.15, -0.1) is 11.6 Å². The molecule has 0 saturated carbocycles. The van der Waals surface area contributed by atoms with E-state index in [4.69, 9.17) is 25.5 Å². The summed E-state index contributed by atoms with van der Waals surface area (Å²) >= 11 is 5.54. The first-order valence-corrected chi connectivity index (χ1v) is 10.5. The molecule has 22 heavy (non-hydrogen) atoms. The highest BCUT2D eigenvalue weighted by atomic mass is 35.5. The highest BCUT2D eigenvalue weighted by Crippen LogP contribution is 2.36. The number of alkyl halides is 1. The Hall–Kier alpha value is -0.853. The van der Waals surface area contributed by atoms with Gasteiger partial charge in [-0.1, -0.05) is 27.4 Å². The van der Waals surface area contributed by atoms with Crippen molar-refractivity contribution in [2.75, 3.05) is 19.8 Å². The van der Waals surface area contributed by atoms with Crippen molar-refractivity contribution in [2.45, 2.75) is 51.2 Å². The Labute approximate surface area is 139 Å². The SMILES string of the molecule is C=C(COC(=O)C(C)Cl)C(=O)OCCO[Si](C)(C)C(C)(C)C. The molecule has 0 rings (SSSR count). The van der Waals surface area contributed by atoms with Crippen LogP contribution in [0.5, 0.6) is 0 Å². The maximum atomic E-state index is 11.7. The lowest BCUT2D eigenvalue weighted by atomic mass is 10.2. The number of rotatable bonds is 8. The summed E-state index contributed by atoms with van der Waals surface area (Å²) in [4.78, 5) is 22.8. The zero-order chi connectivity index (χ0) is 17.6. The molecule has 128 valence electrons. The summed E-state index contributed by atoms with van der Waals surface area (Å²) in [6.07, 6.45) is 0. The van der Waals surface area contributed by atoms with Crippen molar-refractivity contribution in [1.29, 1.82) is 0 Å². The fourth-order valence-electron chi connectivity index (χ4n) is 1.08. The van der Waals surface area contributed by atoms with Crippen molar-refractivity contribution >= 4 is 31.9 Å². The second-order valence-corrected chi connectivity index (χ2v) is 12.0. The van der Waals surface area contributed by atoms with E-state index in [0.717, 1.165) is 0 Å². The van der Waals surface area contributed by atoms with Gasteiger partial charge in [-0.25, -0.2) is 4.79 Å². The van der Waals surface area contributed by atoms with E-state index in [-0.39, 0.29) is 23.8 Å². The molecule has 0 N–H and O–H groups in total. The van der Waals surface area contributed by atoms with Crippen molar-refractivity contribution in [3.05, 3.63) is 12.2 Å². The zero-order valence-corrected chi connectivity index (χ0v) is 16.1. The molecule has 0 spiro atoms. The van der Waals surface area contributed by atoms with Crippen molar-refractivity contribution in [3.63, 3.8) is 0 Å². The molecule has 0 aromatic heterocycles. The first kappa shape index (κ1) is 21.1. The Kier molecular flexibility index (Phi) is 8.36. The molecule has 0 amide bonds. The van der Waals surface area contributed by atoms with E-state index < -0.39 is 25.6 Å². The van der Waals surface area contributed by atoms with Crippen LogP contribution < -0.4 is 0 Å². The van der Waals surface area contributed by atoms with Crippen molar-refractivity contribution < 1.29 is 23.5 Å². The summed E-state index contributed by atoms with van der Waals surface area (Å²) in [6, 6.07) is 0. The molecule has 0 bridgehead atoms. The number of hydrogen-bond acceptors (Lipinski definition) is 5. The van der Waals surface area contributed by atoms with Crippen LogP contribution in [0, 0.1) is 0 Å². The van der Waals surface area contributed by atoms with Gasteiger partial charge in [0.05, 0.1) is 12.2 Å². The number of halogens is 1. The third-order valence-electron chi connectivity index (χ3n) is 3.59. The minimum Gasteiger partial charge on any atom is -0.460 e. The van der Waals surface area contributed by atoms with E-state index in [9.17, 15) is 9.59 Å². The van der Waals surface area contributed by atoms with Gasteiger partial charge in [0.25, 0.3) is 0 Å². The fraction of sp³-hybridized carbons (Fsp3) is 0.733. The maximum absolute atomic E-state index is 11.7. The van der Waals surface area contributed by atoms with Crippen LogP contribution in [0.2, 0.25) is 18.1 Å². The van der Waals surface area contributed by atoms with Gasteiger partial charge >= 0.3 is 11.9 Å². The monoisotopic (exact) mass is 350 g/mol. The van der Waals surface area contributed by atoms with Crippen LogP contribution in [-0.4, -0.2) is 45.5 Å². The van der Waals surface area contributed by atoms with Crippen molar-refractivity contribution in [2.24, 2.45) is 0 Å². The Balaban J connectivity index is 4.05. The third-order valence-corrected chi connectivity index (χ3v) is 8.30. The van der Waals surface area contributed by atoms with Crippen LogP contribution >= 0.6 is 11.6 Å². The van der Waals surface area contributed by atoms with Gasteiger partial charge in [0.2, 0.25) is 0 Å². The molecular weight excluding hydrogens is 324 g/mol. The van der Waals surface area contributed by atoms with Crippen LogP contribution in [0.1, 0.15) is 27.7 Å². The lowest BCUT2D eigenvalue weighted by Crippen LogP contribution is -2.41. The van der Waals surface area contributed by atoms with Crippen LogP contribution in [0.15, 0.2) is 12.2 Å². The molecule has 0 saturated heterocycles. The molecule has 0 aromatic carbocycles. The van der Waals surface area contributed by atoms with Gasteiger partial charge in [-0.05, 0) is 25.1 Å². The quantitative estimate of drug-likeness (QED) is 0.221. The topological polar surface area (TPSA) is 61.8 Å². The Bertz CT molecular complexity index is 413. The van der Waals surface area contributed by atoms with Gasteiger partial charge in [0.15, 0.2) is 8.32 Å². The Morgan fingerprint density at radius 1 is 1.18 bits per heavy atom. The largest absolute Gasteiger partial charge is 0.460 e. The smallest absolute Gasteiger partial charge is 0.336 e. The Morgan fingerprint density at radius 2 is 1.73 bits per heavy atom. The summed E-state index contributed by atoms with van der Waals surface area (Å²) < 4.78 is 15.7. The van der Waals surface area contributed by atoms with Crippen LogP contribution in [0.25, 0.3) is 0 Å². The second-order valence-electron chi connectivity index (χ2n) is 6.57. The van der Waals surface area contributed by atoms with Crippen LogP contribution in [0.3, 0.4) is 0 Å². The van der Waals surface area contributed by atoms with Gasteiger partial charge in [0, 0.05) is 0 Å². The van der Waals surface area contributed by atoms with Gasteiger partial charge in [0.1, 0.15) is 18.6 Å². The Morgan fingerprint density at radius 3 is 2.18 bits per heavy atom. The molecule has 0 fully saturated rings. The number of carbonyl (C=O) groups is 2. The number of carbonyl (C=O) groups excluding carboxylic acids is 2. The molecule has 1 atom stereocenters. The fourth-order valence-corrected chi connectivity index (χ4v) is 2.17. The maximum Gasteiger partial charge on any atom is 0.336 e. The highest BCUT2D eigenvalue weighted by molar-refractivity contribution is 6.74. The van der Waals surface area contributed by atoms with Gasteiger partial charge in [-0.3, -0.25) is 4.79 Å². The minimum absolute atomic E-state index is 0.0676. The average molecular weight is 351 g/mol. The van der Waals surface area contributed by atoms with Crippen LogP contribution in [0.4, 0.5) is 0 Å². The molecule has 0 aromatic rings. The van der Waals surface area contributed by atoms with Crippen molar-refractivity contribution in [3.8, 4) is 0 Å². The van der Waals surface area contributed by atoms with E-state index in [1.54, 1.807) is 0 Å². The minimum atomic E-state index is -1.84. The molecule has 7 heteroatoms. The van der Waals surface area contributed by atoms with Crippen LogP contribution in [-0.2, 0) is 23.5 Å². The molecule has 0 aliphatic rings. The first-order valence-electron chi connectivity index (χ1n) is 7.18. The van der Waals surface area contributed by atoms with E-state index in [1.165, 1.54) is 6.92 Å². The van der Waals surface area contributed by atoms with Crippen molar-refractivity contribution in [1.82, 2.24) is 0 Å². The first-order chi connectivity index (χ1) is 9.88. The predicted molar refractivity (Wildman–Crippen MR) is 89.5 cm³/mol. The second kappa shape index (κ2) is 8.69. The molecule has 0 heterocycles. The van der Waals surface area contributed by atoms with E-state index in [0.29, 0.717) is 6.61 Å².